The number of rotatable bonds is 7. The molecule has 0 radical (unpaired) electrons. The molecule has 0 unspecified atom stereocenters. The van der Waals surface area contributed by atoms with Gasteiger partial charge in [-0.1, -0.05) is 72.8 Å². The summed E-state index contributed by atoms with van der Waals surface area (Å²) in [6.45, 7) is 2.60. The van der Waals surface area contributed by atoms with E-state index in [0.717, 1.165) is 49.2 Å². The predicted octanol–water partition coefficient (Wildman–Crippen LogP) is 3.96. The van der Waals surface area contributed by atoms with Crippen molar-refractivity contribution in [1.29, 1.82) is 0 Å². The molecule has 2 aliphatic rings. The topological polar surface area (TPSA) is 55.6 Å². The van der Waals surface area contributed by atoms with E-state index in [1.165, 1.54) is 0 Å². The minimum atomic E-state index is -1.43. The number of nitrogens with two attached hydrogens (primary N) is 1. The summed E-state index contributed by atoms with van der Waals surface area (Å²) >= 11 is 0. The maximum atomic E-state index is 13.2. The lowest BCUT2D eigenvalue weighted by atomic mass is 9.64. The van der Waals surface area contributed by atoms with Crippen LogP contribution in [0.3, 0.4) is 0 Å². The normalized spacial score (nSPS) is 20.8. The van der Waals surface area contributed by atoms with Crippen molar-refractivity contribution in [2.75, 3.05) is 26.2 Å². The fraction of sp³-hybridized carbons (Fsp3) is 0.321. The van der Waals surface area contributed by atoms with Gasteiger partial charge < -0.3 is 15.4 Å². The van der Waals surface area contributed by atoms with Gasteiger partial charge in [0, 0.05) is 22.2 Å². The van der Waals surface area contributed by atoms with Gasteiger partial charge in [-0.3, -0.25) is 4.79 Å². The molecule has 0 aromatic heterocycles. The lowest BCUT2D eigenvalue weighted by Gasteiger charge is -2.37. The first-order chi connectivity index (χ1) is 16.4. The summed E-state index contributed by atoms with van der Waals surface area (Å²) in [6.07, 6.45) is 0.264. The second kappa shape index (κ2) is 8.79. The Kier molecular flexibility index (Phi) is 5.07. The summed E-state index contributed by atoms with van der Waals surface area (Å²) in [5, 5.41) is 0. The number of fused-ring (bicyclic) bond motifs is 1. The molecule has 4 nitrogen and oxygen atoms in total. The van der Waals surface area contributed by atoms with Crippen molar-refractivity contribution in [1.82, 2.24) is 4.90 Å². The molecule has 0 spiro atoms. The van der Waals surface area contributed by atoms with Gasteiger partial charge in [-0.2, -0.15) is 0 Å². The Balaban J connectivity index is 1.37. The Bertz CT molecular complexity index is 1130. The fourth-order valence-corrected chi connectivity index (χ4v) is 5.39. The average molecular weight is 429 g/mol. The van der Waals surface area contributed by atoms with Crippen molar-refractivity contribution in [3.63, 3.8) is 0 Å². The van der Waals surface area contributed by atoms with E-state index in [0.29, 0.717) is 11.3 Å². The van der Waals surface area contributed by atoms with Crippen LogP contribution in [0.15, 0.2) is 78.9 Å². The number of carbonyl (C=O) groups excluding carboxylic acids is 1. The minimum Gasteiger partial charge on any atom is -0.493 e. The van der Waals surface area contributed by atoms with Gasteiger partial charge >= 0.3 is 0 Å². The zero-order chi connectivity index (χ0) is 23.8. The lowest BCUT2D eigenvalue weighted by molar-refractivity contribution is -0.123. The summed E-state index contributed by atoms with van der Waals surface area (Å²) < 4.78 is 21.8. The molecule has 2 heterocycles. The van der Waals surface area contributed by atoms with E-state index >= 15 is 0 Å². The molecule has 1 amide bonds. The Morgan fingerprint density at radius 3 is 2.41 bits per heavy atom. The largest absolute Gasteiger partial charge is 0.493 e. The van der Waals surface area contributed by atoms with E-state index in [4.69, 9.17) is 13.2 Å². The van der Waals surface area contributed by atoms with Gasteiger partial charge in [0.2, 0.25) is 5.91 Å². The highest BCUT2D eigenvalue weighted by atomic mass is 16.5. The molecule has 4 heteroatoms. The van der Waals surface area contributed by atoms with Gasteiger partial charge in [-0.25, -0.2) is 0 Å². The molecule has 3 aromatic rings. The molecule has 5 rings (SSSR count). The van der Waals surface area contributed by atoms with Gasteiger partial charge in [0.25, 0.3) is 0 Å². The summed E-state index contributed by atoms with van der Waals surface area (Å²) in [5.74, 6) is 0.405. The first-order valence-electron chi connectivity index (χ1n) is 12.3. The molecule has 3 aromatic carbocycles. The van der Waals surface area contributed by atoms with Crippen LogP contribution >= 0.6 is 0 Å². The number of likely N-dealkylation sites (tertiary alicyclic amines) is 1. The van der Waals surface area contributed by atoms with Crippen LogP contribution in [0.5, 0.6) is 5.75 Å². The zero-order valence-electron chi connectivity index (χ0n) is 20.2. The van der Waals surface area contributed by atoms with Crippen molar-refractivity contribution >= 4 is 5.91 Å². The van der Waals surface area contributed by atoms with Crippen LogP contribution in [0.1, 0.15) is 31.4 Å². The molecule has 2 N–H and O–H groups in total. The van der Waals surface area contributed by atoms with Crippen molar-refractivity contribution < 1.29 is 12.3 Å². The van der Waals surface area contributed by atoms with Crippen LogP contribution in [0.4, 0.5) is 0 Å². The third-order valence-corrected chi connectivity index (χ3v) is 6.98. The fourth-order valence-electron chi connectivity index (χ4n) is 5.39. The van der Waals surface area contributed by atoms with E-state index in [1.54, 1.807) is 0 Å². The summed E-state index contributed by atoms with van der Waals surface area (Å²) in [7, 11) is 0. The molecule has 0 bridgehead atoms. The van der Waals surface area contributed by atoms with Crippen molar-refractivity contribution in [3.8, 4) is 5.75 Å². The Morgan fingerprint density at radius 1 is 1.06 bits per heavy atom. The van der Waals surface area contributed by atoms with Crippen LogP contribution < -0.4 is 10.5 Å². The van der Waals surface area contributed by atoms with E-state index in [2.05, 4.69) is 4.90 Å². The van der Waals surface area contributed by atoms with E-state index < -0.39 is 11.8 Å². The molecule has 0 aliphatic carbocycles. The number of ether oxygens (including phenoxy) is 1. The molecule has 1 saturated heterocycles. The van der Waals surface area contributed by atoms with Crippen molar-refractivity contribution in [3.05, 3.63) is 101 Å². The van der Waals surface area contributed by atoms with Gasteiger partial charge in [0.1, 0.15) is 11.2 Å². The van der Waals surface area contributed by atoms with Gasteiger partial charge in [0.05, 0.1) is 6.61 Å². The number of carbonyl (C=O) groups is 1. The predicted molar refractivity (Wildman–Crippen MR) is 127 cm³/mol. The number of hydrogen-bond acceptors (Lipinski definition) is 3. The van der Waals surface area contributed by atoms with Gasteiger partial charge in [0.15, 0.2) is 0 Å². The van der Waals surface area contributed by atoms with Crippen LogP contribution in [0.2, 0.25) is 0 Å². The number of hydrogen-bond donors (Lipinski definition) is 1. The highest BCUT2D eigenvalue weighted by Gasteiger charge is 2.49. The molecule has 164 valence electrons. The lowest BCUT2D eigenvalue weighted by Crippen LogP contribution is -2.49. The van der Waals surface area contributed by atoms with E-state index in [-0.39, 0.29) is 18.4 Å². The minimum absolute atomic E-state index is 0.0670. The SMILES string of the molecule is [2H]C1([2H])COc2ccc(CCN3CC[C@@H](C(C(N)=O)(c4ccccc4)c4ccccc4)C3)cc21. The molecular weight excluding hydrogens is 396 g/mol. The smallest absolute Gasteiger partial charge is 0.232 e. The van der Waals surface area contributed by atoms with Crippen molar-refractivity contribution in [2.45, 2.75) is 24.6 Å². The Hall–Kier alpha value is -3.11. The molecule has 0 saturated carbocycles. The maximum absolute atomic E-state index is 13.2. The standard InChI is InChI=1S/C28H30N2O2/c29-27(31)28(23-7-3-1-4-8-23,24-9-5-2-6-10-24)25-14-17-30(20-25)16-13-21-11-12-26-22(19-21)15-18-32-26/h1-12,19,25H,13-18,20H2,(H2,29,31)/t25-/m1/s1/i15D2. The highest BCUT2D eigenvalue weighted by molar-refractivity contribution is 5.91. The first-order valence-corrected chi connectivity index (χ1v) is 11.3. The molecule has 2 aliphatic heterocycles. The molecule has 1 atom stereocenters. The number of amides is 1. The first kappa shape index (κ1) is 18.5. The maximum Gasteiger partial charge on any atom is 0.232 e. The van der Waals surface area contributed by atoms with Crippen LogP contribution in [-0.4, -0.2) is 37.0 Å². The molecular formula is C28H30N2O2. The number of primary amides is 1. The second-order valence-electron chi connectivity index (χ2n) is 8.74. The van der Waals surface area contributed by atoms with E-state index in [1.807, 2.05) is 78.9 Å². The third kappa shape index (κ3) is 3.69. The second-order valence-corrected chi connectivity index (χ2v) is 8.74. The Morgan fingerprint density at radius 2 is 1.75 bits per heavy atom. The monoisotopic (exact) mass is 428 g/mol. The average Bonchev–Trinajstić information content (AvgIpc) is 3.44. The quantitative estimate of drug-likeness (QED) is 0.620. The van der Waals surface area contributed by atoms with Crippen LogP contribution in [0.25, 0.3) is 0 Å². The third-order valence-electron chi connectivity index (χ3n) is 6.98. The van der Waals surface area contributed by atoms with Gasteiger partial charge in [-0.05, 0) is 53.6 Å². The van der Waals surface area contributed by atoms with Crippen LogP contribution in [0, 0.1) is 5.92 Å². The highest BCUT2D eigenvalue weighted by Crippen LogP contribution is 2.43. The summed E-state index contributed by atoms with van der Waals surface area (Å²) in [6, 6.07) is 25.7. The number of nitrogens with zero attached hydrogens (tertiary/aromatic N) is 1. The summed E-state index contributed by atoms with van der Waals surface area (Å²) in [5.41, 5.74) is 8.96. The Labute approximate surface area is 192 Å². The zero-order valence-corrected chi connectivity index (χ0v) is 18.2. The number of benzene rings is 3. The summed E-state index contributed by atoms with van der Waals surface area (Å²) in [4.78, 5) is 15.6. The van der Waals surface area contributed by atoms with Crippen LogP contribution in [-0.2, 0) is 23.0 Å². The molecule has 1 fully saturated rings. The van der Waals surface area contributed by atoms with Crippen molar-refractivity contribution in [2.24, 2.45) is 11.7 Å². The van der Waals surface area contributed by atoms with E-state index in [9.17, 15) is 4.79 Å². The molecule has 32 heavy (non-hydrogen) atoms. The van der Waals surface area contributed by atoms with Gasteiger partial charge in [-0.15, -0.1) is 0 Å².